The fourth-order valence-corrected chi connectivity index (χ4v) is 4.37. The van der Waals surface area contributed by atoms with E-state index in [1.807, 2.05) is 13.0 Å². The van der Waals surface area contributed by atoms with Crippen molar-refractivity contribution < 1.29 is 28.5 Å². The smallest absolute Gasteiger partial charge is 0.340 e. The SMILES string of the molecule is CCOc1c(I)cc([C@H]2C(C(=O)OC)=C(N)OC3=C2C(=O)CCC3)cc1OC. The number of esters is 1. The van der Waals surface area contributed by atoms with Crippen molar-refractivity contribution in [2.24, 2.45) is 5.73 Å². The predicted molar refractivity (Wildman–Crippen MR) is 110 cm³/mol. The van der Waals surface area contributed by atoms with E-state index in [2.05, 4.69) is 22.6 Å². The van der Waals surface area contributed by atoms with Crippen LogP contribution in [0.4, 0.5) is 0 Å². The van der Waals surface area contributed by atoms with Crippen LogP contribution in [0.2, 0.25) is 0 Å². The number of benzene rings is 1. The molecule has 2 aliphatic rings. The lowest BCUT2D eigenvalue weighted by Gasteiger charge is -2.32. The van der Waals surface area contributed by atoms with E-state index >= 15 is 0 Å². The Morgan fingerprint density at radius 3 is 2.71 bits per heavy atom. The third-order valence-electron chi connectivity index (χ3n) is 4.76. The summed E-state index contributed by atoms with van der Waals surface area (Å²) in [6.07, 6.45) is 1.69. The minimum Gasteiger partial charge on any atom is -0.493 e. The van der Waals surface area contributed by atoms with Crippen molar-refractivity contribution in [1.29, 1.82) is 0 Å². The standard InChI is InChI=1S/C20H22INO6/c1-4-27-18-11(21)8-10(9-14(18)25-2)15-16-12(23)6-5-7-13(16)28-19(22)17(15)20(24)26-3/h8-9,15H,4-7,22H2,1-3H3/t15-/m1/s1. The Hall–Kier alpha value is -2.23. The van der Waals surface area contributed by atoms with Gasteiger partial charge in [0.05, 0.1) is 30.3 Å². The highest BCUT2D eigenvalue weighted by atomic mass is 127. The highest BCUT2D eigenvalue weighted by molar-refractivity contribution is 14.1. The van der Waals surface area contributed by atoms with Crippen molar-refractivity contribution in [3.05, 3.63) is 44.1 Å². The van der Waals surface area contributed by atoms with Crippen LogP contribution in [0.3, 0.4) is 0 Å². The molecular formula is C20H22INO6. The van der Waals surface area contributed by atoms with E-state index in [0.717, 1.165) is 3.57 Å². The first kappa shape index (κ1) is 20.5. The minimum absolute atomic E-state index is 0.0341. The maximum Gasteiger partial charge on any atom is 0.340 e. The third-order valence-corrected chi connectivity index (χ3v) is 5.56. The van der Waals surface area contributed by atoms with Crippen LogP contribution in [0.1, 0.15) is 37.7 Å². The number of methoxy groups -OCH3 is 2. The van der Waals surface area contributed by atoms with Gasteiger partial charge in [-0.15, -0.1) is 0 Å². The van der Waals surface area contributed by atoms with E-state index in [1.54, 1.807) is 13.2 Å². The summed E-state index contributed by atoms with van der Waals surface area (Å²) >= 11 is 2.15. The number of carbonyl (C=O) groups is 2. The van der Waals surface area contributed by atoms with Crippen molar-refractivity contribution >= 4 is 34.3 Å². The van der Waals surface area contributed by atoms with Crippen LogP contribution in [0.15, 0.2) is 34.9 Å². The summed E-state index contributed by atoms with van der Waals surface area (Å²) in [7, 11) is 2.82. The quantitative estimate of drug-likeness (QED) is 0.491. The van der Waals surface area contributed by atoms with Gasteiger partial charge in [-0.3, -0.25) is 4.79 Å². The predicted octanol–water partition coefficient (Wildman–Crippen LogP) is 3.16. The largest absolute Gasteiger partial charge is 0.493 e. The number of hydrogen-bond donors (Lipinski definition) is 1. The van der Waals surface area contributed by atoms with Gasteiger partial charge in [-0.05, 0) is 53.6 Å². The van der Waals surface area contributed by atoms with Crippen LogP contribution >= 0.6 is 22.6 Å². The Labute approximate surface area is 177 Å². The maximum atomic E-state index is 12.8. The van der Waals surface area contributed by atoms with Crippen molar-refractivity contribution in [1.82, 2.24) is 0 Å². The van der Waals surface area contributed by atoms with Crippen molar-refractivity contribution in [2.45, 2.75) is 32.1 Å². The van der Waals surface area contributed by atoms with E-state index < -0.39 is 11.9 Å². The normalized spacial score (nSPS) is 19.1. The highest BCUT2D eigenvalue weighted by Crippen LogP contribution is 2.46. The summed E-state index contributed by atoms with van der Waals surface area (Å²) < 4.78 is 22.6. The fraction of sp³-hybridized carbons (Fsp3) is 0.400. The number of halogens is 1. The number of nitrogens with two attached hydrogens (primary N) is 1. The zero-order valence-electron chi connectivity index (χ0n) is 16.0. The molecular weight excluding hydrogens is 477 g/mol. The summed E-state index contributed by atoms with van der Waals surface area (Å²) in [6.45, 7) is 2.37. The molecule has 3 rings (SSSR count). The van der Waals surface area contributed by atoms with Crippen molar-refractivity contribution in [3.63, 3.8) is 0 Å². The fourth-order valence-electron chi connectivity index (χ4n) is 3.59. The average molecular weight is 499 g/mol. The van der Waals surface area contributed by atoms with Gasteiger partial charge in [-0.25, -0.2) is 4.79 Å². The Balaban J connectivity index is 2.23. The lowest BCUT2D eigenvalue weighted by Crippen LogP contribution is -2.31. The van der Waals surface area contributed by atoms with Gasteiger partial charge in [0.25, 0.3) is 0 Å². The Bertz CT molecular complexity index is 889. The van der Waals surface area contributed by atoms with Gasteiger partial charge in [-0.1, -0.05) is 0 Å². The molecule has 1 atom stereocenters. The van der Waals surface area contributed by atoms with Crippen LogP contribution in [0, 0.1) is 3.57 Å². The van der Waals surface area contributed by atoms with Gasteiger partial charge in [-0.2, -0.15) is 0 Å². The molecule has 1 aliphatic heterocycles. The van der Waals surface area contributed by atoms with E-state index in [4.69, 9.17) is 24.7 Å². The van der Waals surface area contributed by atoms with Gasteiger partial charge in [0, 0.05) is 18.4 Å². The molecule has 1 aromatic rings. The second-order valence-corrected chi connectivity index (χ2v) is 7.55. The molecule has 1 aromatic carbocycles. The number of Topliss-reactive ketones (excluding diaryl/α,β-unsaturated/α-hetero) is 1. The molecule has 0 aromatic heterocycles. The Morgan fingerprint density at radius 1 is 1.32 bits per heavy atom. The van der Waals surface area contributed by atoms with E-state index in [-0.39, 0.29) is 17.2 Å². The summed E-state index contributed by atoms with van der Waals surface area (Å²) in [6, 6.07) is 3.64. The maximum absolute atomic E-state index is 12.8. The number of rotatable bonds is 5. The molecule has 0 unspecified atom stereocenters. The van der Waals surface area contributed by atoms with E-state index in [0.29, 0.717) is 54.3 Å². The highest BCUT2D eigenvalue weighted by Gasteiger charge is 2.41. The number of ketones is 1. The van der Waals surface area contributed by atoms with Crippen LogP contribution < -0.4 is 15.2 Å². The van der Waals surface area contributed by atoms with Gasteiger partial charge in [0.2, 0.25) is 5.88 Å². The van der Waals surface area contributed by atoms with Crippen LogP contribution in [0.5, 0.6) is 11.5 Å². The Morgan fingerprint density at radius 2 is 2.07 bits per heavy atom. The first-order valence-electron chi connectivity index (χ1n) is 8.95. The van der Waals surface area contributed by atoms with Gasteiger partial charge < -0.3 is 24.7 Å². The van der Waals surface area contributed by atoms with Crippen molar-refractivity contribution in [2.75, 3.05) is 20.8 Å². The third kappa shape index (κ3) is 3.57. The molecule has 7 nitrogen and oxygen atoms in total. The Kier molecular flexibility index (Phi) is 6.17. The second-order valence-electron chi connectivity index (χ2n) is 6.39. The first-order chi connectivity index (χ1) is 13.4. The average Bonchev–Trinajstić information content (AvgIpc) is 2.68. The van der Waals surface area contributed by atoms with Crippen LogP contribution in [-0.2, 0) is 19.1 Å². The molecule has 0 saturated carbocycles. The lowest BCUT2D eigenvalue weighted by molar-refractivity contribution is -0.136. The molecule has 2 N–H and O–H groups in total. The molecule has 150 valence electrons. The van der Waals surface area contributed by atoms with Gasteiger partial charge >= 0.3 is 5.97 Å². The first-order valence-corrected chi connectivity index (χ1v) is 10.0. The van der Waals surface area contributed by atoms with Crippen LogP contribution in [-0.4, -0.2) is 32.6 Å². The summed E-state index contributed by atoms with van der Waals surface area (Å²) in [4.78, 5) is 25.3. The molecule has 0 bridgehead atoms. The lowest BCUT2D eigenvalue weighted by atomic mass is 9.77. The molecule has 1 heterocycles. The topological polar surface area (TPSA) is 97.1 Å². The molecule has 0 saturated heterocycles. The van der Waals surface area contributed by atoms with E-state index in [9.17, 15) is 9.59 Å². The van der Waals surface area contributed by atoms with Gasteiger partial charge in [0.15, 0.2) is 17.3 Å². The van der Waals surface area contributed by atoms with Crippen LogP contribution in [0.25, 0.3) is 0 Å². The molecule has 0 fully saturated rings. The van der Waals surface area contributed by atoms with Gasteiger partial charge in [0.1, 0.15) is 11.3 Å². The molecule has 8 heteroatoms. The zero-order chi connectivity index (χ0) is 20.4. The zero-order valence-corrected chi connectivity index (χ0v) is 18.1. The molecule has 0 spiro atoms. The van der Waals surface area contributed by atoms with E-state index in [1.165, 1.54) is 7.11 Å². The monoisotopic (exact) mass is 499 g/mol. The number of allylic oxidation sites excluding steroid dienone is 2. The minimum atomic E-state index is -0.679. The summed E-state index contributed by atoms with van der Waals surface area (Å²) in [5.41, 5.74) is 7.35. The molecule has 0 amide bonds. The molecule has 28 heavy (non-hydrogen) atoms. The number of hydrogen-bond acceptors (Lipinski definition) is 7. The number of ether oxygens (including phenoxy) is 4. The molecule has 0 radical (unpaired) electrons. The summed E-state index contributed by atoms with van der Waals surface area (Å²) in [5, 5.41) is 0. The van der Waals surface area contributed by atoms with Crippen molar-refractivity contribution in [3.8, 4) is 11.5 Å². The molecule has 1 aliphatic carbocycles. The number of carbonyl (C=O) groups excluding carboxylic acids is 2. The summed E-state index contributed by atoms with van der Waals surface area (Å²) in [5.74, 6) is 0.258. The second kappa shape index (κ2) is 8.42.